The Morgan fingerprint density at radius 3 is 2.57 bits per heavy atom. The molecule has 1 atom stereocenters. The van der Waals surface area contributed by atoms with Crippen LogP contribution in [0.4, 0.5) is 4.39 Å². The van der Waals surface area contributed by atoms with Crippen LogP contribution >= 0.6 is 23.5 Å². The Morgan fingerprint density at radius 2 is 1.83 bits per heavy atom. The van der Waals surface area contributed by atoms with Crippen molar-refractivity contribution in [2.45, 2.75) is 22.8 Å². The third-order valence-corrected chi connectivity index (χ3v) is 5.31. The van der Waals surface area contributed by atoms with Gasteiger partial charge < -0.3 is 5.32 Å². The molecule has 0 saturated heterocycles. The smallest absolute Gasteiger partial charge is 0.233 e. The Labute approximate surface area is 145 Å². The van der Waals surface area contributed by atoms with E-state index in [1.807, 2.05) is 43.3 Å². The summed E-state index contributed by atoms with van der Waals surface area (Å²) < 4.78 is 13.5. The van der Waals surface area contributed by atoms with Crippen LogP contribution in [-0.2, 0) is 10.5 Å². The van der Waals surface area contributed by atoms with Gasteiger partial charge in [0.1, 0.15) is 5.82 Å². The molecule has 0 aliphatic heterocycles. The highest BCUT2D eigenvalue weighted by Crippen LogP contribution is 2.22. The van der Waals surface area contributed by atoms with E-state index in [0.717, 1.165) is 10.6 Å². The van der Waals surface area contributed by atoms with Crippen molar-refractivity contribution in [1.82, 2.24) is 5.32 Å². The summed E-state index contributed by atoms with van der Waals surface area (Å²) in [6.45, 7) is 2.50. The second-order valence-electron chi connectivity index (χ2n) is 5.01. The first-order valence-corrected chi connectivity index (χ1v) is 9.51. The Kier molecular flexibility index (Phi) is 7.49. The fourth-order valence-electron chi connectivity index (χ4n) is 1.94. The van der Waals surface area contributed by atoms with Gasteiger partial charge in [0.15, 0.2) is 0 Å². The van der Waals surface area contributed by atoms with Crippen LogP contribution in [0.2, 0.25) is 0 Å². The molecule has 0 aliphatic carbocycles. The molecule has 0 radical (unpaired) electrons. The molecular weight excluding hydrogens is 329 g/mol. The number of rotatable bonds is 8. The van der Waals surface area contributed by atoms with Gasteiger partial charge in [-0.15, -0.1) is 11.8 Å². The van der Waals surface area contributed by atoms with Crippen molar-refractivity contribution in [3.8, 4) is 0 Å². The number of carbonyl (C=O) groups excluding carboxylic acids is 1. The molecule has 0 fully saturated rings. The van der Waals surface area contributed by atoms with E-state index >= 15 is 0 Å². The van der Waals surface area contributed by atoms with Gasteiger partial charge in [-0.05, 0) is 30.7 Å². The molecule has 2 nitrogen and oxygen atoms in total. The number of nitrogens with one attached hydrogen (secondary N) is 1. The predicted octanol–water partition coefficient (Wildman–Crippen LogP) is 4.36. The minimum absolute atomic E-state index is 0.0327. The number of hydrogen-bond donors (Lipinski definition) is 1. The minimum atomic E-state index is -0.170. The average Bonchev–Trinajstić information content (AvgIpc) is 2.57. The lowest BCUT2D eigenvalue weighted by atomic mass is 10.2. The molecule has 1 amide bonds. The maximum atomic E-state index is 13.5. The zero-order valence-corrected chi connectivity index (χ0v) is 14.6. The van der Waals surface area contributed by atoms with Crippen LogP contribution in [0.25, 0.3) is 0 Å². The van der Waals surface area contributed by atoms with E-state index in [2.05, 4.69) is 5.32 Å². The largest absolute Gasteiger partial charge is 0.354 e. The molecule has 0 aromatic heterocycles. The van der Waals surface area contributed by atoms with E-state index in [0.29, 0.717) is 17.9 Å². The molecule has 0 bridgehead atoms. The predicted molar refractivity (Wildman–Crippen MR) is 97.3 cm³/mol. The van der Waals surface area contributed by atoms with E-state index in [1.54, 1.807) is 35.7 Å². The van der Waals surface area contributed by atoms with Gasteiger partial charge in [-0.1, -0.05) is 36.4 Å². The highest BCUT2D eigenvalue weighted by Gasteiger charge is 2.13. The number of hydrogen-bond acceptors (Lipinski definition) is 3. The molecule has 2 rings (SSSR count). The lowest BCUT2D eigenvalue weighted by Crippen LogP contribution is -2.32. The van der Waals surface area contributed by atoms with E-state index < -0.39 is 0 Å². The van der Waals surface area contributed by atoms with Crippen LogP contribution in [0, 0.1) is 5.82 Å². The summed E-state index contributed by atoms with van der Waals surface area (Å²) in [5.74, 6) is 1.25. The first-order valence-electron chi connectivity index (χ1n) is 7.47. The van der Waals surface area contributed by atoms with E-state index in [9.17, 15) is 9.18 Å². The summed E-state index contributed by atoms with van der Waals surface area (Å²) in [5.41, 5.74) is 0.705. The summed E-state index contributed by atoms with van der Waals surface area (Å²) in [5, 5.41) is 2.80. The van der Waals surface area contributed by atoms with Gasteiger partial charge in [-0.3, -0.25) is 4.79 Å². The van der Waals surface area contributed by atoms with E-state index in [4.69, 9.17) is 0 Å². The summed E-state index contributed by atoms with van der Waals surface area (Å²) in [4.78, 5) is 13.1. The Morgan fingerprint density at radius 1 is 1.13 bits per heavy atom. The van der Waals surface area contributed by atoms with Gasteiger partial charge in [0, 0.05) is 22.9 Å². The van der Waals surface area contributed by atoms with Crippen molar-refractivity contribution in [2.75, 3.05) is 12.3 Å². The Hall–Kier alpha value is -1.46. The Balaban J connectivity index is 1.64. The van der Waals surface area contributed by atoms with Crippen molar-refractivity contribution in [3.05, 3.63) is 66.0 Å². The molecule has 122 valence electrons. The summed E-state index contributed by atoms with van der Waals surface area (Å²) >= 11 is 3.16. The molecule has 1 N–H and O–H groups in total. The first kappa shape index (κ1) is 17.9. The van der Waals surface area contributed by atoms with E-state index in [1.165, 1.54) is 6.07 Å². The minimum Gasteiger partial charge on any atom is -0.354 e. The standard InChI is InChI=1S/C18H20FNOS2/c1-14(23-16-8-3-2-4-9-16)18(21)20-11-12-22-13-15-7-5-6-10-17(15)19/h2-10,14H,11-13H2,1H3,(H,20,21)/t14-/m0/s1. The summed E-state index contributed by atoms with van der Waals surface area (Å²) in [7, 11) is 0. The molecular formula is C18H20FNOS2. The molecule has 0 unspecified atom stereocenters. The number of carbonyl (C=O) groups is 1. The van der Waals surface area contributed by atoms with Crippen LogP contribution < -0.4 is 5.32 Å². The van der Waals surface area contributed by atoms with Crippen molar-refractivity contribution < 1.29 is 9.18 Å². The molecule has 0 aliphatic rings. The fourth-order valence-corrected chi connectivity index (χ4v) is 3.70. The van der Waals surface area contributed by atoms with Gasteiger partial charge in [-0.25, -0.2) is 4.39 Å². The number of benzene rings is 2. The van der Waals surface area contributed by atoms with Crippen LogP contribution in [0.3, 0.4) is 0 Å². The molecule has 0 spiro atoms. The molecule has 0 heterocycles. The zero-order chi connectivity index (χ0) is 16.5. The SMILES string of the molecule is C[C@H](Sc1ccccc1)C(=O)NCCSCc1ccccc1F. The number of halogens is 1. The third kappa shape index (κ3) is 6.28. The molecule has 0 saturated carbocycles. The van der Waals surface area contributed by atoms with Gasteiger partial charge in [0.2, 0.25) is 5.91 Å². The topological polar surface area (TPSA) is 29.1 Å². The fraction of sp³-hybridized carbons (Fsp3) is 0.278. The monoisotopic (exact) mass is 349 g/mol. The molecule has 23 heavy (non-hydrogen) atoms. The third-order valence-electron chi connectivity index (χ3n) is 3.19. The summed E-state index contributed by atoms with van der Waals surface area (Å²) in [6.07, 6.45) is 0. The zero-order valence-electron chi connectivity index (χ0n) is 13.0. The van der Waals surface area contributed by atoms with Crippen molar-refractivity contribution >= 4 is 29.4 Å². The van der Waals surface area contributed by atoms with Crippen LogP contribution in [-0.4, -0.2) is 23.5 Å². The van der Waals surface area contributed by atoms with Crippen LogP contribution in [0.15, 0.2) is 59.5 Å². The summed E-state index contributed by atoms with van der Waals surface area (Å²) in [6, 6.07) is 16.7. The average molecular weight is 349 g/mol. The van der Waals surface area contributed by atoms with Gasteiger partial charge in [-0.2, -0.15) is 11.8 Å². The number of thioether (sulfide) groups is 2. The lowest BCUT2D eigenvalue weighted by Gasteiger charge is -2.12. The quantitative estimate of drug-likeness (QED) is 0.567. The van der Waals surface area contributed by atoms with Crippen molar-refractivity contribution in [3.63, 3.8) is 0 Å². The van der Waals surface area contributed by atoms with Gasteiger partial charge in [0.05, 0.1) is 5.25 Å². The highest BCUT2D eigenvalue weighted by molar-refractivity contribution is 8.00. The van der Waals surface area contributed by atoms with Gasteiger partial charge in [0.25, 0.3) is 0 Å². The van der Waals surface area contributed by atoms with E-state index in [-0.39, 0.29) is 17.0 Å². The maximum Gasteiger partial charge on any atom is 0.233 e. The van der Waals surface area contributed by atoms with Crippen molar-refractivity contribution in [1.29, 1.82) is 0 Å². The molecule has 2 aromatic carbocycles. The van der Waals surface area contributed by atoms with Crippen LogP contribution in [0.1, 0.15) is 12.5 Å². The lowest BCUT2D eigenvalue weighted by molar-refractivity contribution is -0.120. The van der Waals surface area contributed by atoms with Gasteiger partial charge >= 0.3 is 0 Å². The highest BCUT2D eigenvalue weighted by atomic mass is 32.2. The van der Waals surface area contributed by atoms with Crippen LogP contribution in [0.5, 0.6) is 0 Å². The Bertz CT molecular complexity index is 621. The second kappa shape index (κ2) is 9.63. The number of amides is 1. The normalized spacial score (nSPS) is 11.9. The maximum absolute atomic E-state index is 13.5. The second-order valence-corrected chi connectivity index (χ2v) is 7.53. The first-order chi connectivity index (χ1) is 11.2. The van der Waals surface area contributed by atoms with Crippen molar-refractivity contribution in [2.24, 2.45) is 0 Å². The molecule has 2 aromatic rings. The molecule has 5 heteroatoms.